The number of carboxylic acid groups (broad SMARTS) is 1. The van der Waals surface area contributed by atoms with Gasteiger partial charge in [0.15, 0.2) is 0 Å². The third kappa shape index (κ3) is 15.3. The summed E-state index contributed by atoms with van der Waals surface area (Å²) in [7, 11) is 0. The smallest absolute Gasteiger partial charge is 0.303 e. The molecule has 3 N–H and O–H groups in total. The second-order valence-electron chi connectivity index (χ2n) is 5.74. The van der Waals surface area contributed by atoms with Crippen LogP contribution in [0.4, 0.5) is 0 Å². The van der Waals surface area contributed by atoms with Crippen molar-refractivity contribution in [1.82, 2.24) is 0 Å². The molecule has 0 amide bonds. The lowest BCUT2D eigenvalue weighted by Gasteiger charge is -2.13. The molecule has 0 aromatic rings. The first-order chi connectivity index (χ1) is 11.6. The molecule has 0 rings (SSSR count). The molecular formula is C20H32O4. The minimum atomic E-state index is -0.974. The maximum atomic E-state index is 10.4. The summed E-state index contributed by atoms with van der Waals surface area (Å²) in [5.41, 5.74) is 0. The van der Waals surface area contributed by atoms with Crippen molar-refractivity contribution in [2.24, 2.45) is 0 Å². The third-order valence-electron chi connectivity index (χ3n) is 3.48. The highest BCUT2D eigenvalue weighted by Crippen LogP contribution is 2.06. The Labute approximate surface area is 145 Å². The van der Waals surface area contributed by atoms with Gasteiger partial charge >= 0.3 is 5.97 Å². The quantitative estimate of drug-likeness (QED) is 0.253. The van der Waals surface area contributed by atoms with Crippen molar-refractivity contribution in [2.75, 3.05) is 0 Å². The summed E-state index contributed by atoms with van der Waals surface area (Å²) in [5, 5.41) is 27.9. The van der Waals surface area contributed by atoms with E-state index in [9.17, 15) is 15.0 Å². The molecular weight excluding hydrogens is 304 g/mol. The highest BCUT2D eigenvalue weighted by Gasteiger charge is 2.12. The fraction of sp³-hybridized carbons (Fsp3) is 0.550. The molecule has 0 heterocycles. The average Bonchev–Trinajstić information content (AvgIpc) is 2.55. The molecule has 0 aliphatic carbocycles. The van der Waals surface area contributed by atoms with Crippen LogP contribution in [0.25, 0.3) is 0 Å². The van der Waals surface area contributed by atoms with Gasteiger partial charge in [0.2, 0.25) is 0 Å². The SMILES string of the molecule is CCCCC/C=C\C/C=C/C=C\C=C/[C@H](O)[C@@H](O)CCCC(=O)O. The minimum Gasteiger partial charge on any atom is -0.481 e. The van der Waals surface area contributed by atoms with Gasteiger partial charge in [0.25, 0.3) is 0 Å². The number of allylic oxidation sites excluding steroid dienone is 7. The van der Waals surface area contributed by atoms with E-state index in [-0.39, 0.29) is 12.8 Å². The van der Waals surface area contributed by atoms with Crippen LogP contribution in [0.2, 0.25) is 0 Å². The zero-order chi connectivity index (χ0) is 18.0. The van der Waals surface area contributed by atoms with Gasteiger partial charge in [0.1, 0.15) is 0 Å². The number of hydrogen-bond donors (Lipinski definition) is 3. The number of hydrogen-bond acceptors (Lipinski definition) is 3. The molecule has 4 heteroatoms. The van der Waals surface area contributed by atoms with Crippen LogP contribution < -0.4 is 0 Å². The van der Waals surface area contributed by atoms with Crippen molar-refractivity contribution in [3.8, 4) is 0 Å². The van der Waals surface area contributed by atoms with Crippen molar-refractivity contribution < 1.29 is 20.1 Å². The average molecular weight is 336 g/mol. The lowest BCUT2D eigenvalue weighted by Crippen LogP contribution is -2.23. The fourth-order valence-electron chi connectivity index (χ4n) is 2.03. The van der Waals surface area contributed by atoms with Crippen LogP contribution in [0.15, 0.2) is 48.6 Å². The molecule has 0 unspecified atom stereocenters. The maximum absolute atomic E-state index is 10.4. The molecule has 0 spiro atoms. The lowest BCUT2D eigenvalue weighted by atomic mass is 10.1. The van der Waals surface area contributed by atoms with Crippen LogP contribution in [0.1, 0.15) is 58.3 Å². The molecule has 24 heavy (non-hydrogen) atoms. The first-order valence-corrected chi connectivity index (χ1v) is 8.80. The normalized spacial score (nSPS) is 15.1. The summed E-state index contributed by atoms with van der Waals surface area (Å²) >= 11 is 0. The van der Waals surface area contributed by atoms with Crippen molar-refractivity contribution in [3.63, 3.8) is 0 Å². The van der Waals surface area contributed by atoms with Gasteiger partial charge in [0.05, 0.1) is 12.2 Å². The number of carboxylic acids is 1. The zero-order valence-corrected chi connectivity index (χ0v) is 14.7. The van der Waals surface area contributed by atoms with Gasteiger partial charge in [-0.05, 0) is 32.1 Å². The van der Waals surface area contributed by atoms with Gasteiger partial charge in [-0.3, -0.25) is 4.79 Å². The summed E-state index contributed by atoms with van der Waals surface area (Å²) < 4.78 is 0. The molecule has 4 nitrogen and oxygen atoms in total. The summed E-state index contributed by atoms with van der Waals surface area (Å²) in [6, 6.07) is 0. The van der Waals surface area contributed by atoms with E-state index in [1.54, 1.807) is 12.2 Å². The van der Waals surface area contributed by atoms with E-state index in [1.165, 1.54) is 25.3 Å². The fourth-order valence-corrected chi connectivity index (χ4v) is 2.03. The van der Waals surface area contributed by atoms with Crippen LogP contribution in [-0.2, 0) is 4.79 Å². The maximum Gasteiger partial charge on any atom is 0.303 e. The second kappa shape index (κ2) is 16.2. The number of aliphatic hydroxyl groups excluding tert-OH is 2. The predicted octanol–water partition coefficient (Wildman–Crippen LogP) is 4.16. The van der Waals surface area contributed by atoms with Gasteiger partial charge in [-0.25, -0.2) is 0 Å². The minimum absolute atomic E-state index is 0.00520. The number of rotatable bonds is 14. The van der Waals surface area contributed by atoms with E-state index in [2.05, 4.69) is 25.2 Å². The highest BCUT2D eigenvalue weighted by atomic mass is 16.4. The summed E-state index contributed by atoms with van der Waals surface area (Å²) in [4.78, 5) is 10.4. The number of carbonyl (C=O) groups is 1. The zero-order valence-electron chi connectivity index (χ0n) is 14.7. The van der Waals surface area contributed by atoms with Crippen LogP contribution in [0, 0.1) is 0 Å². The van der Waals surface area contributed by atoms with Gasteiger partial charge in [-0.2, -0.15) is 0 Å². The molecule has 2 atom stereocenters. The molecule has 0 bridgehead atoms. The van der Waals surface area contributed by atoms with Crippen LogP contribution in [0.3, 0.4) is 0 Å². The van der Waals surface area contributed by atoms with Crippen LogP contribution in [0.5, 0.6) is 0 Å². The molecule has 0 aliphatic heterocycles. The lowest BCUT2D eigenvalue weighted by molar-refractivity contribution is -0.137. The largest absolute Gasteiger partial charge is 0.481 e. The predicted molar refractivity (Wildman–Crippen MR) is 98.8 cm³/mol. The number of unbranched alkanes of at least 4 members (excludes halogenated alkanes) is 3. The van der Waals surface area contributed by atoms with Crippen LogP contribution >= 0.6 is 0 Å². The molecule has 0 saturated carbocycles. The molecule has 136 valence electrons. The Morgan fingerprint density at radius 2 is 1.71 bits per heavy atom. The Bertz CT molecular complexity index is 421. The van der Waals surface area contributed by atoms with E-state index < -0.39 is 18.2 Å². The summed E-state index contributed by atoms with van der Waals surface area (Å²) in [6.45, 7) is 2.20. The topological polar surface area (TPSA) is 77.8 Å². The Morgan fingerprint density at radius 3 is 2.42 bits per heavy atom. The Hall–Kier alpha value is -1.65. The molecule has 0 aromatic heterocycles. The Kier molecular flexibility index (Phi) is 15.1. The molecule has 0 aliphatic rings. The Morgan fingerprint density at radius 1 is 0.958 bits per heavy atom. The highest BCUT2D eigenvalue weighted by molar-refractivity contribution is 5.66. The molecule has 0 saturated heterocycles. The van der Waals surface area contributed by atoms with Crippen molar-refractivity contribution in [3.05, 3.63) is 48.6 Å². The molecule has 0 fully saturated rings. The van der Waals surface area contributed by atoms with E-state index >= 15 is 0 Å². The van der Waals surface area contributed by atoms with Crippen molar-refractivity contribution in [1.29, 1.82) is 0 Å². The monoisotopic (exact) mass is 336 g/mol. The standard InChI is InChI=1S/C20H32O4/c1-2-3-4-5-6-7-8-9-10-11-12-13-15-18(21)19(22)16-14-17-20(23)24/h6-7,9-13,15,18-19,21-22H,2-5,8,14,16-17H2,1H3,(H,23,24)/b7-6-,10-9+,12-11-,15-13-/t18-,19-/m0/s1. The van der Waals surface area contributed by atoms with E-state index in [1.807, 2.05) is 12.2 Å². The first kappa shape index (κ1) is 22.4. The number of aliphatic carboxylic acids is 1. The van der Waals surface area contributed by atoms with Gasteiger partial charge in [-0.1, -0.05) is 68.4 Å². The van der Waals surface area contributed by atoms with Gasteiger partial charge in [0, 0.05) is 6.42 Å². The summed E-state index contributed by atoms with van der Waals surface area (Å²) in [5.74, 6) is -0.891. The Balaban J connectivity index is 3.81. The summed E-state index contributed by atoms with van der Waals surface area (Å²) in [6.07, 6.45) is 19.8. The second-order valence-corrected chi connectivity index (χ2v) is 5.74. The van der Waals surface area contributed by atoms with E-state index in [0.717, 1.165) is 12.8 Å². The number of aliphatic hydroxyl groups is 2. The van der Waals surface area contributed by atoms with Crippen molar-refractivity contribution in [2.45, 2.75) is 70.5 Å². The first-order valence-electron chi connectivity index (χ1n) is 8.80. The third-order valence-corrected chi connectivity index (χ3v) is 3.48. The van der Waals surface area contributed by atoms with E-state index in [4.69, 9.17) is 5.11 Å². The van der Waals surface area contributed by atoms with Gasteiger partial charge in [-0.15, -0.1) is 0 Å². The van der Waals surface area contributed by atoms with Crippen LogP contribution in [-0.4, -0.2) is 33.5 Å². The van der Waals surface area contributed by atoms with E-state index in [0.29, 0.717) is 6.42 Å². The van der Waals surface area contributed by atoms with Gasteiger partial charge < -0.3 is 15.3 Å². The molecule has 0 radical (unpaired) electrons. The molecule has 0 aromatic carbocycles. The van der Waals surface area contributed by atoms with Crippen molar-refractivity contribution >= 4 is 5.97 Å².